The maximum atomic E-state index is 5.39. The Balaban J connectivity index is 2.43. The number of hydrazine groups is 1. The van der Waals surface area contributed by atoms with Crippen LogP contribution in [0, 0.1) is 6.92 Å². The van der Waals surface area contributed by atoms with E-state index in [4.69, 9.17) is 5.84 Å². The van der Waals surface area contributed by atoms with Gasteiger partial charge in [0, 0.05) is 0 Å². The van der Waals surface area contributed by atoms with E-state index in [2.05, 4.69) is 29.7 Å². The molecular weight excluding hydrogens is 184 g/mol. The van der Waals surface area contributed by atoms with Crippen LogP contribution >= 0.6 is 0 Å². The highest BCUT2D eigenvalue weighted by Crippen LogP contribution is 2.23. The summed E-state index contributed by atoms with van der Waals surface area (Å²) in [5, 5.41) is 0. The van der Waals surface area contributed by atoms with Crippen molar-refractivity contribution in [2.45, 2.75) is 6.92 Å². The second-order valence-corrected chi connectivity index (χ2v) is 3.54. The standard InChI is InChI=1S/C13H14N2/c1-10-9-12(7-8-13(10)15-14)11-5-3-2-4-6-11/h2-9,15H,14H2,1H3. The van der Waals surface area contributed by atoms with Crippen LogP contribution in [-0.4, -0.2) is 0 Å². The van der Waals surface area contributed by atoms with Crippen LogP contribution in [0.5, 0.6) is 0 Å². The molecule has 0 bridgehead atoms. The van der Waals surface area contributed by atoms with E-state index in [-0.39, 0.29) is 0 Å². The number of nitrogens with one attached hydrogen (secondary N) is 1. The molecule has 2 heteroatoms. The second kappa shape index (κ2) is 4.15. The van der Waals surface area contributed by atoms with E-state index in [0.29, 0.717) is 0 Å². The van der Waals surface area contributed by atoms with Crippen molar-refractivity contribution in [3.05, 3.63) is 54.1 Å². The zero-order valence-electron chi connectivity index (χ0n) is 8.70. The van der Waals surface area contributed by atoms with Gasteiger partial charge in [0.25, 0.3) is 0 Å². The summed E-state index contributed by atoms with van der Waals surface area (Å²) in [6.45, 7) is 2.04. The van der Waals surface area contributed by atoms with Crippen molar-refractivity contribution in [3.63, 3.8) is 0 Å². The lowest BCUT2D eigenvalue weighted by Gasteiger charge is -2.07. The summed E-state index contributed by atoms with van der Waals surface area (Å²) in [6.07, 6.45) is 0. The van der Waals surface area contributed by atoms with E-state index in [0.717, 1.165) is 11.3 Å². The second-order valence-electron chi connectivity index (χ2n) is 3.54. The molecule has 76 valence electrons. The third-order valence-corrected chi connectivity index (χ3v) is 2.49. The van der Waals surface area contributed by atoms with Gasteiger partial charge in [0.15, 0.2) is 0 Å². The molecule has 2 aromatic rings. The Morgan fingerprint density at radius 3 is 2.27 bits per heavy atom. The van der Waals surface area contributed by atoms with Crippen molar-refractivity contribution < 1.29 is 0 Å². The van der Waals surface area contributed by atoms with E-state index in [1.165, 1.54) is 11.1 Å². The Morgan fingerprint density at radius 2 is 1.67 bits per heavy atom. The van der Waals surface area contributed by atoms with Crippen molar-refractivity contribution in [3.8, 4) is 11.1 Å². The first-order valence-electron chi connectivity index (χ1n) is 4.94. The summed E-state index contributed by atoms with van der Waals surface area (Å²) in [6, 6.07) is 16.5. The van der Waals surface area contributed by atoms with Crippen LogP contribution in [0.25, 0.3) is 11.1 Å². The lowest BCUT2D eigenvalue weighted by atomic mass is 10.0. The predicted molar refractivity (Wildman–Crippen MR) is 64.4 cm³/mol. The van der Waals surface area contributed by atoms with Crippen LogP contribution in [0.15, 0.2) is 48.5 Å². The molecular formula is C13H14N2. The average molecular weight is 198 g/mol. The first-order chi connectivity index (χ1) is 7.31. The molecule has 15 heavy (non-hydrogen) atoms. The molecule has 0 heterocycles. The number of nitrogen functional groups attached to an aromatic ring is 1. The topological polar surface area (TPSA) is 38.0 Å². The molecule has 2 aromatic carbocycles. The van der Waals surface area contributed by atoms with E-state index >= 15 is 0 Å². The molecule has 0 saturated carbocycles. The largest absolute Gasteiger partial charge is 0.324 e. The van der Waals surface area contributed by atoms with Gasteiger partial charge in [-0.15, -0.1) is 0 Å². The van der Waals surface area contributed by atoms with Gasteiger partial charge in [-0.3, -0.25) is 5.84 Å². The minimum atomic E-state index is 0.967. The lowest BCUT2D eigenvalue weighted by molar-refractivity contribution is 1.31. The fourth-order valence-electron chi connectivity index (χ4n) is 1.64. The van der Waals surface area contributed by atoms with Gasteiger partial charge < -0.3 is 5.43 Å². The van der Waals surface area contributed by atoms with Crippen LogP contribution in [0.2, 0.25) is 0 Å². The molecule has 0 unspecified atom stereocenters. The van der Waals surface area contributed by atoms with Crippen molar-refractivity contribution >= 4 is 5.69 Å². The monoisotopic (exact) mass is 198 g/mol. The van der Waals surface area contributed by atoms with Crippen LogP contribution in [0.4, 0.5) is 5.69 Å². The molecule has 0 aliphatic rings. The Morgan fingerprint density at radius 1 is 0.933 bits per heavy atom. The van der Waals surface area contributed by atoms with E-state index in [1.54, 1.807) is 0 Å². The summed E-state index contributed by atoms with van der Waals surface area (Å²) in [7, 11) is 0. The van der Waals surface area contributed by atoms with E-state index < -0.39 is 0 Å². The molecule has 0 radical (unpaired) electrons. The van der Waals surface area contributed by atoms with Gasteiger partial charge >= 0.3 is 0 Å². The Labute approximate surface area is 89.7 Å². The SMILES string of the molecule is Cc1cc(-c2ccccc2)ccc1NN. The molecule has 0 spiro atoms. The van der Waals surface area contributed by atoms with Crippen molar-refractivity contribution in [1.82, 2.24) is 0 Å². The minimum Gasteiger partial charge on any atom is -0.324 e. The summed E-state index contributed by atoms with van der Waals surface area (Å²) in [5.41, 5.74) is 7.23. The average Bonchev–Trinajstić information content (AvgIpc) is 2.30. The zero-order chi connectivity index (χ0) is 10.7. The third-order valence-electron chi connectivity index (χ3n) is 2.49. The van der Waals surface area contributed by atoms with Crippen LogP contribution < -0.4 is 11.3 Å². The number of aryl methyl sites for hydroxylation is 1. The fraction of sp³-hybridized carbons (Fsp3) is 0.0769. The number of hydrogen-bond donors (Lipinski definition) is 2. The first kappa shape index (κ1) is 9.74. The summed E-state index contributed by atoms with van der Waals surface area (Å²) in [5.74, 6) is 5.39. The summed E-state index contributed by atoms with van der Waals surface area (Å²) in [4.78, 5) is 0. The Bertz CT molecular complexity index is 449. The van der Waals surface area contributed by atoms with Gasteiger partial charge in [0.1, 0.15) is 0 Å². The van der Waals surface area contributed by atoms with Gasteiger partial charge in [0.05, 0.1) is 5.69 Å². The van der Waals surface area contributed by atoms with Crippen LogP contribution in [0.3, 0.4) is 0 Å². The normalized spacial score (nSPS) is 10.0. The number of nitrogens with two attached hydrogens (primary N) is 1. The van der Waals surface area contributed by atoms with E-state index in [9.17, 15) is 0 Å². The van der Waals surface area contributed by atoms with Gasteiger partial charge in [-0.25, -0.2) is 0 Å². The Kier molecular flexibility index (Phi) is 2.70. The molecule has 0 saturated heterocycles. The molecule has 0 atom stereocenters. The van der Waals surface area contributed by atoms with Gasteiger partial charge in [-0.05, 0) is 35.7 Å². The molecule has 0 fully saturated rings. The predicted octanol–water partition coefficient (Wildman–Crippen LogP) is 2.95. The van der Waals surface area contributed by atoms with Crippen molar-refractivity contribution in [2.24, 2.45) is 5.84 Å². The molecule has 0 aliphatic heterocycles. The molecule has 3 N–H and O–H groups in total. The maximum absolute atomic E-state index is 5.39. The minimum absolute atomic E-state index is 0.967. The van der Waals surface area contributed by atoms with Crippen LogP contribution in [0.1, 0.15) is 5.56 Å². The number of hydrogen-bond acceptors (Lipinski definition) is 2. The first-order valence-corrected chi connectivity index (χ1v) is 4.94. The highest BCUT2D eigenvalue weighted by atomic mass is 15.2. The lowest BCUT2D eigenvalue weighted by Crippen LogP contribution is -2.07. The fourth-order valence-corrected chi connectivity index (χ4v) is 1.64. The van der Waals surface area contributed by atoms with Gasteiger partial charge in [-0.2, -0.15) is 0 Å². The third kappa shape index (κ3) is 2.00. The molecule has 2 nitrogen and oxygen atoms in total. The Hall–Kier alpha value is -1.80. The highest BCUT2D eigenvalue weighted by Gasteiger charge is 2.00. The zero-order valence-corrected chi connectivity index (χ0v) is 8.70. The quantitative estimate of drug-likeness (QED) is 0.575. The van der Waals surface area contributed by atoms with E-state index in [1.807, 2.05) is 31.2 Å². The number of rotatable bonds is 2. The maximum Gasteiger partial charge on any atom is 0.0514 e. The number of benzene rings is 2. The van der Waals surface area contributed by atoms with Gasteiger partial charge in [0.2, 0.25) is 0 Å². The molecule has 0 aromatic heterocycles. The van der Waals surface area contributed by atoms with Crippen molar-refractivity contribution in [2.75, 3.05) is 5.43 Å². The number of anilines is 1. The van der Waals surface area contributed by atoms with Crippen LogP contribution in [-0.2, 0) is 0 Å². The summed E-state index contributed by atoms with van der Waals surface area (Å²) < 4.78 is 0. The highest BCUT2D eigenvalue weighted by molar-refractivity contribution is 5.68. The molecule has 2 rings (SSSR count). The smallest absolute Gasteiger partial charge is 0.0514 e. The molecule has 0 amide bonds. The van der Waals surface area contributed by atoms with Crippen molar-refractivity contribution in [1.29, 1.82) is 0 Å². The summed E-state index contributed by atoms with van der Waals surface area (Å²) >= 11 is 0. The molecule has 0 aliphatic carbocycles. The van der Waals surface area contributed by atoms with Gasteiger partial charge in [-0.1, -0.05) is 36.4 Å².